The Morgan fingerprint density at radius 2 is 2.29 bits per heavy atom. The molecule has 88 valence electrons. The summed E-state index contributed by atoms with van der Waals surface area (Å²) in [5, 5.41) is 8.98. The Morgan fingerprint density at radius 3 is 2.94 bits per heavy atom. The minimum Gasteiger partial charge on any atom is -0.347 e. The molecule has 1 heterocycles. The first kappa shape index (κ1) is 11.3. The second kappa shape index (κ2) is 4.78. The molecule has 1 aromatic heterocycles. The lowest BCUT2D eigenvalue weighted by molar-refractivity contribution is 0.0946. The summed E-state index contributed by atoms with van der Waals surface area (Å²) in [6, 6.07) is 6.34. The standard InChI is InChI=1S/C12H12FN3O/c1-8-6-9(2-3-10(8)13)7-14-12(17)11-4-5-15-16-11/h2-6H,7H2,1H3,(H,14,17)(H,15,16). The molecule has 0 fully saturated rings. The Kier molecular flexibility index (Phi) is 3.18. The lowest BCUT2D eigenvalue weighted by Gasteiger charge is -2.05. The molecule has 4 nitrogen and oxygen atoms in total. The summed E-state index contributed by atoms with van der Waals surface area (Å²) in [4.78, 5) is 11.6. The van der Waals surface area contributed by atoms with Crippen LogP contribution in [0, 0.1) is 12.7 Å². The molecule has 1 amide bonds. The van der Waals surface area contributed by atoms with Crippen molar-refractivity contribution in [3.8, 4) is 0 Å². The number of halogens is 1. The maximum absolute atomic E-state index is 13.0. The third-order valence-corrected chi connectivity index (χ3v) is 2.42. The van der Waals surface area contributed by atoms with Gasteiger partial charge in [-0.2, -0.15) is 5.10 Å². The molecule has 2 rings (SSSR count). The van der Waals surface area contributed by atoms with E-state index < -0.39 is 0 Å². The van der Waals surface area contributed by atoms with Crippen molar-refractivity contribution in [3.63, 3.8) is 0 Å². The number of aromatic amines is 1. The van der Waals surface area contributed by atoms with Crippen LogP contribution in [0.1, 0.15) is 21.6 Å². The number of nitrogens with zero attached hydrogens (tertiary/aromatic N) is 1. The normalized spacial score (nSPS) is 10.2. The van der Waals surface area contributed by atoms with Gasteiger partial charge in [0.1, 0.15) is 11.5 Å². The molecule has 0 saturated heterocycles. The smallest absolute Gasteiger partial charge is 0.269 e. The van der Waals surface area contributed by atoms with Crippen LogP contribution in [0.5, 0.6) is 0 Å². The highest BCUT2D eigenvalue weighted by Crippen LogP contribution is 2.09. The average molecular weight is 233 g/mol. The van der Waals surface area contributed by atoms with Crippen molar-refractivity contribution in [1.29, 1.82) is 0 Å². The van der Waals surface area contributed by atoms with Crippen LogP contribution >= 0.6 is 0 Å². The monoisotopic (exact) mass is 233 g/mol. The molecule has 17 heavy (non-hydrogen) atoms. The molecule has 0 atom stereocenters. The predicted molar refractivity (Wildman–Crippen MR) is 60.9 cm³/mol. The van der Waals surface area contributed by atoms with Crippen molar-refractivity contribution < 1.29 is 9.18 Å². The zero-order valence-corrected chi connectivity index (χ0v) is 9.33. The highest BCUT2D eigenvalue weighted by atomic mass is 19.1. The van der Waals surface area contributed by atoms with Gasteiger partial charge in [-0.25, -0.2) is 4.39 Å². The minimum atomic E-state index is -0.242. The zero-order valence-electron chi connectivity index (χ0n) is 9.33. The SMILES string of the molecule is Cc1cc(CNC(=O)c2ccn[nH]2)ccc1F. The van der Waals surface area contributed by atoms with E-state index in [1.165, 1.54) is 12.3 Å². The summed E-state index contributed by atoms with van der Waals surface area (Å²) in [6.45, 7) is 2.05. The number of hydrogen-bond donors (Lipinski definition) is 2. The van der Waals surface area contributed by atoms with Crippen molar-refractivity contribution >= 4 is 5.91 Å². The number of carbonyl (C=O) groups is 1. The molecule has 5 heteroatoms. The maximum atomic E-state index is 13.0. The number of rotatable bonds is 3. The van der Waals surface area contributed by atoms with Crippen molar-refractivity contribution in [2.24, 2.45) is 0 Å². The number of nitrogens with one attached hydrogen (secondary N) is 2. The van der Waals surface area contributed by atoms with E-state index in [1.54, 1.807) is 25.1 Å². The molecule has 0 unspecified atom stereocenters. The summed E-state index contributed by atoms with van der Waals surface area (Å²) >= 11 is 0. The lowest BCUT2D eigenvalue weighted by Crippen LogP contribution is -2.23. The molecule has 0 saturated carbocycles. The number of carbonyl (C=O) groups excluding carboxylic acids is 1. The highest BCUT2D eigenvalue weighted by molar-refractivity contribution is 5.91. The number of hydrogen-bond acceptors (Lipinski definition) is 2. The third-order valence-electron chi connectivity index (χ3n) is 2.42. The van der Waals surface area contributed by atoms with Gasteiger partial charge in [-0.15, -0.1) is 0 Å². The van der Waals surface area contributed by atoms with Crippen molar-refractivity contribution in [2.45, 2.75) is 13.5 Å². The largest absolute Gasteiger partial charge is 0.347 e. The fraction of sp³-hybridized carbons (Fsp3) is 0.167. The maximum Gasteiger partial charge on any atom is 0.269 e. The topological polar surface area (TPSA) is 57.8 Å². The molecule has 0 spiro atoms. The van der Waals surface area contributed by atoms with Crippen LogP contribution < -0.4 is 5.32 Å². The van der Waals surface area contributed by atoms with Gasteiger partial charge in [-0.05, 0) is 30.2 Å². The molecular formula is C12H12FN3O. The molecule has 2 N–H and O–H groups in total. The van der Waals surface area contributed by atoms with Gasteiger partial charge in [0.25, 0.3) is 5.91 Å². The number of aryl methyl sites for hydroxylation is 1. The van der Waals surface area contributed by atoms with Gasteiger partial charge < -0.3 is 5.32 Å². The minimum absolute atomic E-state index is 0.232. The van der Waals surface area contributed by atoms with Gasteiger partial charge in [-0.3, -0.25) is 9.89 Å². The fourth-order valence-electron chi connectivity index (χ4n) is 1.48. The summed E-state index contributed by atoms with van der Waals surface area (Å²) in [7, 11) is 0. The number of amides is 1. The number of benzene rings is 1. The van der Waals surface area contributed by atoms with E-state index in [-0.39, 0.29) is 11.7 Å². The highest BCUT2D eigenvalue weighted by Gasteiger charge is 2.06. The van der Waals surface area contributed by atoms with Crippen LogP contribution in [0.3, 0.4) is 0 Å². The third kappa shape index (κ3) is 2.69. The molecular weight excluding hydrogens is 221 g/mol. The zero-order chi connectivity index (χ0) is 12.3. The van der Waals surface area contributed by atoms with Crippen LogP contribution in [-0.2, 0) is 6.54 Å². The molecule has 0 radical (unpaired) electrons. The first-order chi connectivity index (χ1) is 8.16. The van der Waals surface area contributed by atoms with E-state index in [4.69, 9.17) is 0 Å². The second-order valence-electron chi connectivity index (χ2n) is 3.74. The van der Waals surface area contributed by atoms with Gasteiger partial charge in [0.15, 0.2) is 0 Å². The van der Waals surface area contributed by atoms with E-state index >= 15 is 0 Å². The Labute approximate surface area is 97.9 Å². The molecule has 0 aliphatic rings. The van der Waals surface area contributed by atoms with E-state index in [2.05, 4.69) is 15.5 Å². The van der Waals surface area contributed by atoms with Crippen LogP contribution in [-0.4, -0.2) is 16.1 Å². The van der Waals surface area contributed by atoms with Crippen LogP contribution in [0.25, 0.3) is 0 Å². The van der Waals surface area contributed by atoms with Crippen molar-refractivity contribution in [2.75, 3.05) is 0 Å². The number of aromatic nitrogens is 2. The summed E-state index contributed by atoms with van der Waals surface area (Å²) < 4.78 is 13.0. The van der Waals surface area contributed by atoms with Crippen LogP contribution in [0.4, 0.5) is 4.39 Å². The van der Waals surface area contributed by atoms with Gasteiger partial charge in [0.05, 0.1) is 0 Å². The summed E-state index contributed by atoms with van der Waals surface area (Å²) in [5.74, 6) is -0.474. The molecule has 2 aromatic rings. The Bertz CT molecular complexity index is 523. The average Bonchev–Trinajstić information content (AvgIpc) is 2.84. The Hall–Kier alpha value is -2.17. The van der Waals surface area contributed by atoms with Gasteiger partial charge in [0, 0.05) is 12.7 Å². The molecule has 0 aliphatic carbocycles. The van der Waals surface area contributed by atoms with Crippen molar-refractivity contribution in [3.05, 3.63) is 53.1 Å². The van der Waals surface area contributed by atoms with E-state index in [9.17, 15) is 9.18 Å². The van der Waals surface area contributed by atoms with E-state index in [0.717, 1.165) is 5.56 Å². The molecule has 1 aromatic carbocycles. The summed E-state index contributed by atoms with van der Waals surface area (Å²) in [5.41, 5.74) is 1.83. The van der Waals surface area contributed by atoms with E-state index in [1.807, 2.05) is 0 Å². The van der Waals surface area contributed by atoms with Gasteiger partial charge in [-0.1, -0.05) is 12.1 Å². The predicted octanol–water partition coefficient (Wildman–Crippen LogP) is 1.79. The number of H-pyrrole nitrogens is 1. The summed E-state index contributed by atoms with van der Waals surface area (Å²) in [6.07, 6.45) is 1.51. The quantitative estimate of drug-likeness (QED) is 0.849. The Balaban J connectivity index is 1.98. The molecule has 0 bridgehead atoms. The first-order valence-corrected chi connectivity index (χ1v) is 5.19. The van der Waals surface area contributed by atoms with Crippen LogP contribution in [0.15, 0.2) is 30.5 Å². The Morgan fingerprint density at radius 1 is 1.47 bits per heavy atom. The second-order valence-corrected chi connectivity index (χ2v) is 3.74. The lowest BCUT2D eigenvalue weighted by atomic mass is 10.1. The van der Waals surface area contributed by atoms with Gasteiger partial charge >= 0.3 is 0 Å². The van der Waals surface area contributed by atoms with Gasteiger partial charge in [0.2, 0.25) is 0 Å². The van der Waals surface area contributed by atoms with E-state index in [0.29, 0.717) is 17.8 Å². The molecule has 0 aliphatic heterocycles. The van der Waals surface area contributed by atoms with Crippen LogP contribution in [0.2, 0.25) is 0 Å². The van der Waals surface area contributed by atoms with Crippen molar-refractivity contribution in [1.82, 2.24) is 15.5 Å². The first-order valence-electron chi connectivity index (χ1n) is 5.19. The fourth-order valence-corrected chi connectivity index (χ4v) is 1.48.